The van der Waals surface area contributed by atoms with Gasteiger partial charge in [0, 0.05) is 22.1 Å². The number of halogens is 1. The zero-order valence-electron chi connectivity index (χ0n) is 11.5. The smallest absolute Gasteiger partial charge is 0.268 e. The maximum Gasteiger partial charge on any atom is 0.268 e. The molecule has 2 rings (SSSR count). The second-order valence-electron chi connectivity index (χ2n) is 4.65. The highest BCUT2D eigenvalue weighted by molar-refractivity contribution is 9.10. The van der Waals surface area contributed by atoms with E-state index in [0.717, 1.165) is 20.6 Å². The summed E-state index contributed by atoms with van der Waals surface area (Å²) in [5.41, 5.74) is 3.21. The van der Waals surface area contributed by atoms with Crippen molar-refractivity contribution in [2.24, 2.45) is 0 Å². The number of hydrogen-bond donors (Lipinski definition) is 0. The first kappa shape index (κ1) is 14.3. The molecule has 0 aliphatic heterocycles. The summed E-state index contributed by atoms with van der Waals surface area (Å²) in [6, 6.07) is 7.89. The van der Waals surface area contributed by atoms with Crippen molar-refractivity contribution in [1.29, 1.82) is 0 Å². The SMILES string of the molecule is Cc1cc(N(C)C(=O)c2cc(C)c(C)s2)ccc1Br. The zero-order valence-corrected chi connectivity index (χ0v) is 13.9. The molecule has 0 unspecified atom stereocenters. The van der Waals surface area contributed by atoms with Gasteiger partial charge in [-0.2, -0.15) is 0 Å². The molecule has 0 spiro atoms. The lowest BCUT2D eigenvalue weighted by molar-refractivity contribution is 0.0997. The molecule has 0 fully saturated rings. The molecule has 0 radical (unpaired) electrons. The molecular weight excluding hydrogens is 322 g/mol. The molecule has 0 aliphatic carbocycles. The van der Waals surface area contributed by atoms with Crippen LogP contribution in [0.3, 0.4) is 0 Å². The number of carbonyl (C=O) groups excluding carboxylic acids is 1. The number of anilines is 1. The van der Waals surface area contributed by atoms with Crippen LogP contribution in [-0.4, -0.2) is 13.0 Å². The number of nitrogens with zero attached hydrogens (tertiary/aromatic N) is 1. The summed E-state index contributed by atoms with van der Waals surface area (Å²) in [5, 5.41) is 0. The molecule has 2 nitrogen and oxygen atoms in total. The Morgan fingerprint density at radius 2 is 1.84 bits per heavy atom. The van der Waals surface area contributed by atoms with E-state index in [1.165, 1.54) is 10.4 Å². The Kier molecular flexibility index (Phi) is 4.11. The molecule has 1 amide bonds. The number of benzene rings is 1. The van der Waals surface area contributed by atoms with E-state index in [0.29, 0.717) is 0 Å². The van der Waals surface area contributed by atoms with Crippen LogP contribution in [0.4, 0.5) is 5.69 Å². The molecule has 2 aromatic rings. The van der Waals surface area contributed by atoms with Crippen LogP contribution >= 0.6 is 27.3 Å². The van der Waals surface area contributed by atoms with Crippen molar-refractivity contribution in [1.82, 2.24) is 0 Å². The third-order valence-electron chi connectivity index (χ3n) is 3.21. The van der Waals surface area contributed by atoms with Gasteiger partial charge in [-0.15, -0.1) is 11.3 Å². The minimum absolute atomic E-state index is 0.0444. The average Bonchev–Trinajstić information content (AvgIpc) is 2.71. The maximum atomic E-state index is 12.4. The minimum Gasteiger partial charge on any atom is -0.311 e. The van der Waals surface area contributed by atoms with Crippen molar-refractivity contribution in [3.05, 3.63) is 49.6 Å². The van der Waals surface area contributed by atoms with E-state index in [2.05, 4.69) is 15.9 Å². The Morgan fingerprint density at radius 3 is 2.37 bits per heavy atom. The summed E-state index contributed by atoms with van der Waals surface area (Å²) in [4.78, 5) is 16.1. The summed E-state index contributed by atoms with van der Waals surface area (Å²) in [7, 11) is 1.81. The fourth-order valence-electron chi connectivity index (χ4n) is 1.80. The van der Waals surface area contributed by atoms with Gasteiger partial charge in [-0.1, -0.05) is 15.9 Å². The Morgan fingerprint density at radius 1 is 1.16 bits per heavy atom. The molecule has 100 valence electrons. The Labute approximate surface area is 126 Å². The molecule has 19 heavy (non-hydrogen) atoms. The summed E-state index contributed by atoms with van der Waals surface area (Å²) < 4.78 is 1.06. The van der Waals surface area contributed by atoms with E-state index in [9.17, 15) is 4.79 Å². The van der Waals surface area contributed by atoms with E-state index in [1.807, 2.05) is 52.1 Å². The van der Waals surface area contributed by atoms with Gasteiger partial charge in [0.2, 0.25) is 0 Å². The van der Waals surface area contributed by atoms with Crippen molar-refractivity contribution in [2.45, 2.75) is 20.8 Å². The molecule has 0 saturated carbocycles. The van der Waals surface area contributed by atoms with Gasteiger partial charge in [0.05, 0.1) is 4.88 Å². The fraction of sp³-hybridized carbons (Fsp3) is 0.267. The van der Waals surface area contributed by atoms with Gasteiger partial charge in [-0.3, -0.25) is 4.79 Å². The first-order valence-electron chi connectivity index (χ1n) is 6.01. The lowest BCUT2D eigenvalue weighted by Crippen LogP contribution is -2.25. The number of thiophene rings is 1. The third-order valence-corrected chi connectivity index (χ3v) is 5.24. The molecular formula is C15H16BrNOS. The average molecular weight is 338 g/mol. The molecule has 1 aromatic carbocycles. The summed E-state index contributed by atoms with van der Waals surface area (Å²) in [6.45, 7) is 6.10. The Balaban J connectivity index is 2.30. The van der Waals surface area contributed by atoms with E-state index < -0.39 is 0 Å². The van der Waals surface area contributed by atoms with Gasteiger partial charge in [0.1, 0.15) is 0 Å². The molecule has 0 aliphatic rings. The van der Waals surface area contributed by atoms with Crippen LogP contribution < -0.4 is 4.90 Å². The van der Waals surface area contributed by atoms with Crippen molar-refractivity contribution >= 4 is 38.9 Å². The van der Waals surface area contributed by atoms with E-state index in [1.54, 1.807) is 16.2 Å². The standard InChI is InChI=1S/C15H16BrNOS/c1-9-8-14(19-11(9)3)15(18)17(4)12-5-6-13(16)10(2)7-12/h5-8H,1-4H3. The second kappa shape index (κ2) is 5.47. The van der Waals surface area contributed by atoms with Crippen molar-refractivity contribution < 1.29 is 4.79 Å². The quantitative estimate of drug-likeness (QED) is 0.776. The second-order valence-corrected chi connectivity index (χ2v) is 6.76. The van der Waals surface area contributed by atoms with Crippen LogP contribution in [0.25, 0.3) is 0 Å². The van der Waals surface area contributed by atoms with Gasteiger partial charge < -0.3 is 4.90 Å². The number of aryl methyl sites for hydroxylation is 3. The third kappa shape index (κ3) is 2.90. The van der Waals surface area contributed by atoms with Crippen LogP contribution in [0, 0.1) is 20.8 Å². The molecule has 0 saturated heterocycles. The van der Waals surface area contributed by atoms with Gasteiger partial charge >= 0.3 is 0 Å². The largest absolute Gasteiger partial charge is 0.311 e. The Hall–Kier alpha value is -1.13. The monoisotopic (exact) mass is 337 g/mol. The van der Waals surface area contributed by atoms with Gasteiger partial charge in [0.15, 0.2) is 0 Å². The minimum atomic E-state index is 0.0444. The Bertz CT molecular complexity index is 614. The summed E-state index contributed by atoms with van der Waals surface area (Å²) in [6.07, 6.45) is 0. The van der Waals surface area contributed by atoms with E-state index >= 15 is 0 Å². The highest BCUT2D eigenvalue weighted by atomic mass is 79.9. The van der Waals surface area contributed by atoms with E-state index in [-0.39, 0.29) is 5.91 Å². The molecule has 0 atom stereocenters. The van der Waals surface area contributed by atoms with Gasteiger partial charge in [0.25, 0.3) is 5.91 Å². The predicted molar refractivity (Wildman–Crippen MR) is 85.4 cm³/mol. The number of carbonyl (C=O) groups is 1. The van der Waals surface area contributed by atoms with Crippen LogP contribution in [0.2, 0.25) is 0 Å². The number of amides is 1. The molecule has 0 N–H and O–H groups in total. The fourth-order valence-corrected chi connectivity index (χ4v) is 3.05. The lowest BCUT2D eigenvalue weighted by atomic mass is 10.2. The highest BCUT2D eigenvalue weighted by Crippen LogP contribution is 2.26. The van der Waals surface area contributed by atoms with Crippen LogP contribution in [0.5, 0.6) is 0 Å². The van der Waals surface area contributed by atoms with Crippen molar-refractivity contribution in [3.63, 3.8) is 0 Å². The van der Waals surface area contributed by atoms with Crippen molar-refractivity contribution in [3.8, 4) is 0 Å². The van der Waals surface area contributed by atoms with Crippen LogP contribution in [-0.2, 0) is 0 Å². The zero-order chi connectivity index (χ0) is 14.2. The molecule has 0 bridgehead atoms. The lowest BCUT2D eigenvalue weighted by Gasteiger charge is -2.17. The summed E-state index contributed by atoms with van der Waals surface area (Å²) >= 11 is 5.02. The first-order chi connectivity index (χ1) is 8.90. The van der Waals surface area contributed by atoms with E-state index in [4.69, 9.17) is 0 Å². The van der Waals surface area contributed by atoms with Gasteiger partial charge in [-0.25, -0.2) is 0 Å². The summed E-state index contributed by atoms with van der Waals surface area (Å²) in [5.74, 6) is 0.0444. The number of hydrogen-bond acceptors (Lipinski definition) is 2. The van der Waals surface area contributed by atoms with Crippen LogP contribution in [0.1, 0.15) is 25.7 Å². The number of rotatable bonds is 2. The predicted octanol–water partition coefficient (Wildman–Crippen LogP) is 4.71. The maximum absolute atomic E-state index is 12.4. The van der Waals surface area contributed by atoms with Crippen LogP contribution in [0.15, 0.2) is 28.7 Å². The topological polar surface area (TPSA) is 20.3 Å². The van der Waals surface area contributed by atoms with Crippen molar-refractivity contribution in [2.75, 3.05) is 11.9 Å². The molecule has 1 aromatic heterocycles. The normalized spacial score (nSPS) is 10.6. The molecule has 4 heteroatoms. The highest BCUT2D eigenvalue weighted by Gasteiger charge is 2.16. The first-order valence-corrected chi connectivity index (χ1v) is 7.62. The molecule has 1 heterocycles. The van der Waals surface area contributed by atoms with Gasteiger partial charge in [-0.05, 0) is 56.2 Å².